The Morgan fingerprint density at radius 2 is 0.446 bits per heavy atom. The summed E-state index contributed by atoms with van der Waals surface area (Å²) in [6, 6.07) is 97.3. The molecule has 0 amide bonds. The molecule has 0 N–H and O–H groups in total. The van der Waals surface area contributed by atoms with E-state index in [4.69, 9.17) is 20.4 Å². The highest BCUT2D eigenvalue weighted by Crippen LogP contribution is 2.39. The number of hydrogen-bond donors (Lipinski definition) is 0. The fourth-order valence-corrected chi connectivity index (χ4v) is 9.66. The molecule has 2 heterocycles. The molecule has 8 nitrogen and oxygen atoms in total. The first-order valence-corrected chi connectivity index (χ1v) is 24.7. The van der Waals surface area contributed by atoms with Crippen molar-refractivity contribution >= 4 is 56.2 Å². The van der Waals surface area contributed by atoms with Gasteiger partial charge >= 0.3 is 0 Å². The summed E-state index contributed by atoms with van der Waals surface area (Å²) in [7, 11) is 0. The van der Waals surface area contributed by atoms with Crippen molar-refractivity contribution in [3.8, 4) is 55.9 Å². The fraction of sp³-hybridized carbons (Fsp3) is 0. The van der Waals surface area contributed by atoms with E-state index in [1.165, 1.54) is 11.1 Å². The summed E-state index contributed by atoms with van der Waals surface area (Å²) in [5.41, 5.74) is 20.5. The van der Waals surface area contributed by atoms with Crippen LogP contribution in [0.3, 0.4) is 0 Å². The quantitative estimate of drug-likeness (QED) is 0.122. The molecule has 350 valence electrons. The van der Waals surface area contributed by atoms with E-state index in [0.717, 1.165) is 101 Å². The van der Waals surface area contributed by atoms with Gasteiger partial charge < -0.3 is 9.80 Å². The van der Waals surface area contributed by atoms with E-state index >= 15 is 0 Å². The van der Waals surface area contributed by atoms with Crippen LogP contribution in [0.15, 0.2) is 279 Å². The maximum Gasteiger partial charge on any atom is 0.115 e. The van der Waals surface area contributed by atoms with Gasteiger partial charge in [-0.05, 0) is 154 Å². The Labute approximate surface area is 428 Å². The maximum atomic E-state index is 4.93. The molecule has 0 atom stereocenters. The zero-order valence-electron chi connectivity index (χ0n) is 40.1. The summed E-state index contributed by atoms with van der Waals surface area (Å²) < 4.78 is 0. The third-order valence-corrected chi connectivity index (χ3v) is 13.5. The zero-order valence-corrected chi connectivity index (χ0v) is 40.1. The second kappa shape index (κ2) is 19.2. The number of hydrogen-bond acceptors (Lipinski definition) is 6. The first-order valence-electron chi connectivity index (χ1n) is 24.7. The monoisotopic (exact) mass is 950 g/mol. The number of para-hydroxylation sites is 2. The highest BCUT2D eigenvalue weighted by molar-refractivity contribution is 5.87. The summed E-state index contributed by atoms with van der Waals surface area (Å²) >= 11 is 0. The SMILES string of the molecule is c1ccc(-c2ccc(-n3nc4ccc(N(c5ccccc5)c5ccc(-c6ccc(-c7ccc(N(c8ccccc8)c8ccc9nn(-c%10ccc(-c%11ccccc%11)cc%10)nc9c8)cc7)cc6)cc5)cc4n3)cc2)cc1. The Morgan fingerprint density at radius 3 is 0.784 bits per heavy atom. The standard InChI is InChI=1S/C66H46N8/c1-5-13-47(14-6-1)51-29-37-59(38-30-51)73-67-63-43-41-61(45-65(63)69-73)71(55-17-9-3-10-18-55)57-33-25-53(26-34-57)49-21-23-50(24-22-49)54-27-35-58(36-28-54)72(56-19-11-4-12-20-56)62-42-44-64-66(46-62)70-74(68-64)60-39-31-52(32-40-60)48-15-7-2-8-16-48/h1-46H. The van der Waals surface area contributed by atoms with Gasteiger partial charge in [0.15, 0.2) is 0 Å². The Kier molecular flexibility index (Phi) is 11.4. The van der Waals surface area contributed by atoms with Crippen LogP contribution in [-0.2, 0) is 0 Å². The molecule has 11 aromatic carbocycles. The van der Waals surface area contributed by atoms with Crippen molar-refractivity contribution in [2.75, 3.05) is 9.80 Å². The van der Waals surface area contributed by atoms with E-state index in [1.54, 1.807) is 9.59 Å². The van der Waals surface area contributed by atoms with Crippen LogP contribution in [0.25, 0.3) is 77.9 Å². The fourth-order valence-electron chi connectivity index (χ4n) is 9.66. The molecule has 0 saturated carbocycles. The highest BCUT2D eigenvalue weighted by Gasteiger charge is 2.18. The molecule has 0 aliphatic carbocycles. The Hall–Kier alpha value is -10.2. The predicted octanol–water partition coefficient (Wildman–Crippen LogP) is 16.8. The van der Waals surface area contributed by atoms with E-state index in [0.29, 0.717) is 0 Å². The lowest BCUT2D eigenvalue weighted by molar-refractivity contribution is 0.766. The van der Waals surface area contributed by atoms with Crippen molar-refractivity contribution in [1.29, 1.82) is 0 Å². The minimum Gasteiger partial charge on any atom is -0.310 e. The summed E-state index contributed by atoms with van der Waals surface area (Å²) in [5.74, 6) is 0. The maximum absolute atomic E-state index is 4.93. The molecular formula is C66H46N8. The zero-order chi connectivity index (χ0) is 49.2. The Balaban J connectivity index is 0.733. The number of anilines is 6. The third kappa shape index (κ3) is 8.73. The van der Waals surface area contributed by atoms with Gasteiger partial charge in [-0.1, -0.05) is 170 Å². The minimum absolute atomic E-state index is 0.816. The van der Waals surface area contributed by atoms with Gasteiger partial charge in [-0.25, -0.2) is 0 Å². The van der Waals surface area contributed by atoms with E-state index in [1.807, 2.05) is 36.4 Å². The van der Waals surface area contributed by atoms with Crippen molar-refractivity contribution in [1.82, 2.24) is 30.0 Å². The molecule has 0 aliphatic rings. The van der Waals surface area contributed by atoms with Crippen LogP contribution in [0.4, 0.5) is 34.1 Å². The summed E-state index contributed by atoms with van der Waals surface area (Å²) in [4.78, 5) is 7.96. The molecule has 0 fully saturated rings. The van der Waals surface area contributed by atoms with Gasteiger partial charge in [0.25, 0.3) is 0 Å². The minimum atomic E-state index is 0.816. The largest absolute Gasteiger partial charge is 0.310 e. The van der Waals surface area contributed by atoms with E-state index in [2.05, 4.69) is 252 Å². The van der Waals surface area contributed by atoms with Crippen LogP contribution >= 0.6 is 0 Å². The molecule has 2 aromatic heterocycles. The molecule has 0 unspecified atom stereocenters. The topological polar surface area (TPSA) is 67.9 Å². The number of fused-ring (bicyclic) bond motifs is 2. The van der Waals surface area contributed by atoms with Crippen LogP contribution < -0.4 is 9.80 Å². The Bertz CT molecular complexity index is 3740. The van der Waals surface area contributed by atoms with Crippen LogP contribution in [0.5, 0.6) is 0 Å². The normalized spacial score (nSPS) is 11.2. The average Bonchev–Trinajstić information content (AvgIpc) is 4.12. The van der Waals surface area contributed by atoms with Crippen molar-refractivity contribution in [2.45, 2.75) is 0 Å². The molecule has 13 rings (SSSR count). The van der Waals surface area contributed by atoms with Gasteiger partial charge in [0.05, 0.1) is 11.4 Å². The molecule has 0 aliphatic heterocycles. The summed E-state index contributed by atoms with van der Waals surface area (Å²) in [6.45, 7) is 0. The number of nitrogens with zero attached hydrogens (tertiary/aromatic N) is 8. The number of aromatic nitrogens is 6. The first-order chi connectivity index (χ1) is 36.6. The lowest BCUT2D eigenvalue weighted by Crippen LogP contribution is -2.09. The van der Waals surface area contributed by atoms with Crippen molar-refractivity contribution in [3.05, 3.63) is 279 Å². The van der Waals surface area contributed by atoms with Crippen LogP contribution in [0.1, 0.15) is 0 Å². The van der Waals surface area contributed by atoms with Crippen LogP contribution in [-0.4, -0.2) is 30.0 Å². The number of rotatable bonds is 12. The van der Waals surface area contributed by atoms with Gasteiger partial charge in [0.1, 0.15) is 22.1 Å². The molecule has 0 bridgehead atoms. The number of benzene rings is 11. The van der Waals surface area contributed by atoms with Gasteiger partial charge in [-0.3, -0.25) is 0 Å². The average molecular weight is 951 g/mol. The lowest BCUT2D eigenvalue weighted by atomic mass is 9.99. The lowest BCUT2D eigenvalue weighted by Gasteiger charge is -2.25. The molecule has 13 aromatic rings. The molecule has 0 radical (unpaired) electrons. The Morgan fingerprint density at radius 1 is 0.203 bits per heavy atom. The van der Waals surface area contributed by atoms with Gasteiger partial charge in [0.2, 0.25) is 0 Å². The van der Waals surface area contributed by atoms with Gasteiger partial charge in [-0.2, -0.15) is 9.59 Å². The second-order valence-electron chi connectivity index (χ2n) is 18.2. The van der Waals surface area contributed by atoms with E-state index in [-0.39, 0.29) is 0 Å². The van der Waals surface area contributed by atoms with Crippen molar-refractivity contribution in [3.63, 3.8) is 0 Å². The van der Waals surface area contributed by atoms with Crippen molar-refractivity contribution < 1.29 is 0 Å². The summed E-state index contributed by atoms with van der Waals surface area (Å²) in [5, 5.41) is 19.5. The molecule has 8 heteroatoms. The van der Waals surface area contributed by atoms with E-state index < -0.39 is 0 Å². The summed E-state index contributed by atoms with van der Waals surface area (Å²) in [6.07, 6.45) is 0. The molecule has 0 saturated heterocycles. The van der Waals surface area contributed by atoms with Crippen LogP contribution in [0, 0.1) is 0 Å². The molecule has 0 spiro atoms. The molecule has 74 heavy (non-hydrogen) atoms. The van der Waals surface area contributed by atoms with Crippen LogP contribution in [0.2, 0.25) is 0 Å². The van der Waals surface area contributed by atoms with Crippen molar-refractivity contribution in [2.24, 2.45) is 0 Å². The van der Waals surface area contributed by atoms with E-state index in [9.17, 15) is 0 Å². The second-order valence-corrected chi connectivity index (χ2v) is 18.2. The molecular weight excluding hydrogens is 905 g/mol. The third-order valence-electron chi connectivity index (χ3n) is 13.5. The highest BCUT2D eigenvalue weighted by atomic mass is 15.5. The first kappa shape index (κ1) is 43.8. The van der Waals surface area contributed by atoms with Gasteiger partial charge in [0, 0.05) is 34.1 Å². The smallest absolute Gasteiger partial charge is 0.115 e. The van der Waals surface area contributed by atoms with Gasteiger partial charge in [-0.15, -0.1) is 20.4 Å². The predicted molar refractivity (Wildman–Crippen MR) is 302 cm³/mol.